The van der Waals surface area contributed by atoms with Crippen LogP contribution in [0.4, 0.5) is 10.9 Å². The van der Waals surface area contributed by atoms with Crippen LogP contribution in [0.1, 0.15) is 58.5 Å². The van der Waals surface area contributed by atoms with Crippen molar-refractivity contribution in [3.8, 4) is 0 Å². The highest BCUT2D eigenvalue weighted by molar-refractivity contribution is 7.17. The van der Waals surface area contributed by atoms with E-state index in [2.05, 4.69) is 26.1 Å². The molecule has 1 atom stereocenters. The molecule has 0 unspecified atom stereocenters. The number of fused-ring (bicyclic) bond motifs is 1. The number of nitrogens with one attached hydrogen (secondary N) is 1. The van der Waals surface area contributed by atoms with Crippen LogP contribution in [0.5, 0.6) is 0 Å². The molecule has 0 spiro atoms. The zero-order chi connectivity index (χ0) is 19.9. The van der Waals surface area contributed by atoms with Gasteiger partial charge in [0.25, 0.3) is 11.8 Å². The zero-order valence-corrected chi connectivity index (χ0v) is 16.1. The average molecular weight is 391 g/mol. The van der Waals surface area contributed by atoms with E-state index >= 15 is 0 Å². The van der Waals surface area contributed by atoms with Gasteiger partial charge < -0.3 is 15.5 Å². The summed E-state index contributed by atoms with van der Waals surface area (Å²) in [4.78, 5) is 35.4. The van der Waals surface area contributed by atoms with Crippen LogP contribution in [-0.4, -0.2) is 16.7 Å². The molecule has 0 fully saturated rings. The molecular formula is C18H21N3O5S. The lowest BCUT2D eigenvalue weighted by Crippen LogP contribution is -2.27. The Morgan fingerprint density at radius 1 is 1.37 bits per heavy atom. The first kappa shape index (κ1) is 19.1. The van der Waals surface area contributed by atoms with E-state index in [1.807, 2.05) is 0 Å². The fraction of sp³-hybridized carbons (Fsp3) is 0.444. The Morgan fingerprint density at radius 2 is 2.07 bits per heavy atom. The molecule has 8 nitrogen and oxygen atoms in total. The molecule has 0 aliphatic heterocycles. The Balaban J connectivity index is 1.89. The third kappa shape index (κ3) is 3.73. The van der Waals surface area contributed by atoms with Crippen molar-refractivity contribution < 1.29 is 18.9 Å². The lowest BCUT2D eigenvalue weighted by atomic mass is 9.72. The first-order valence-electron chi connectivity index (χ1n) is 8.58. The van der Waals surface area contributed by atoms with Gasteiger partial charge in [-0.3, -0.25) is 19.7 Å². The minimum Gasteiger partial charge on any atom is -0.395 e. The van der Waals surface area contributed by atoms with E-state index in [0.717, 1.165) is 35.8 Å². The van der Waals surface area contributed by atoms with Crippen LogP contribution in [0.25, 0.3) is 0 Å². The number of primary amides is 1. The maximum atomic E-state index is 12.4. The highest BCUT2D eigenvalue weighted by Crippen LogP contribution is 2.44. The van der Waals surface area contributed by atoms with Gasteiger partial charge in [0.2, 0.25) is 0 Å². The van der Waals surface area contributed by atoms with Crippen LogP contribution in [0.15, 0.2) is 16.5 Å². The number of thiophene rings is 1. The predicted octanol–water partition coefficient (Wildman–Crippen LogP) is 3.75. The number of nitrogens with zero attached hydrogens (tertiary/aromatic N) is 1. The number of furan rings is 1. The molecule has 3 rings (SSSR count). The summed E-state index contributed by atoms with van der Waals surface area (Å²) >= 11 is 1.34. The largest absolute Gasteiger partial charge is 0.433 e. The lowest BCUT2D eigenvalue weighted by Gasteiger charge is -2.33. The highest BCUT2D eigenvalue weighted by Gasteiger charge is 2.33. The van der Waals surface area contributed by atoms with Gasteiger partial charge in [-0.1, -0.05) is 20.8 Å². The van der Waals surface area contributed by atoms with Crippen molar-refractivity contribution in [3.05, 3.63) is 44.0 Å². The van der Waals surface area contributed by atoms with Crippen molar-refractivity contribution in [2.75, 3.05) is 5.32 Å². The number of nitro groups is 1. The van der Waals surface area contributed by atoms with E-state index in [0.29, 0.717) is 16.5 Å². The predicted molar refractivity (Wildman–Crippen MR) is 101 cm³/mol. The number of anilines is 1. The number of carbonyl (C=O) groups excluding carboxylic acids is 2. The van der Waals surface area contributed by atoms with Gasteiger partial charge in [0.05, 0.1) is 11.6 Å². The van der Waals surface area contributed by atoms with Crippen molar-refractivity contribution in [1.29, 1.82) is 0 Å². The Labute approximate surface area is 159 Å². The Kier molecular flexibility index (Phi) is 4.81. The summed E-state index contributed by atoms with van der Waals surface area (Å²) in [5, 5.41) is 13.7. The molecule has 2 aromatic heterocycles. The molecule has 2 amide bonds. The normalized spacial score (nSPS) is 16.6. The fourth-order valence-electron chi connectivity index (χ4n) is 3.39. The van der Waals surface area contributed by atoms with E-state index in [9.17, 15) is 19.7 Å². The summed E-state index contributed by atoms with van der Waals surface area (Å²) in [5.74, 6) is -1.50. The minimum atomic E-state index is -0.720. The molecule has 9 heteroatoms. The van der Waals surface area contributed by atoms with Gasteiger partial charge in [-0.2, -0.15) is 0 Å². The van der Waals surface area contributed by atoms with Crippen LogP contribution in [0, 0.1) is 21.4 Å². The van der Waals surface area contributed by atoms with Crippen molar-refractivity contribution in [2.45, 2.75) is 40.0 Å². The number of nitrogens with two attached hydrogens (primary N) is 1. The first-order valence-corrected chi connectivity index (χ1v) is 9.39. The van der Waals surface area contributed by atoms with E-state index in [1.54, 1.807) is 0 Å². The topological polar surface area (TPSA) is 128 Å². The van der Waals surface area contributed by atoms with Gasteiger partial charge in [-0.05, 0) is 42.2 Å². The van der Waals surface area contributed by atoms with E-state index in [1.165, 1.54) is 17.4 Å². The standard InChI is InChI=1S/C18H21N3O5S/c1-18(2,3)9-4-5-10-12(8-9)27-17(14(10)15(19)22)20-16(23)11-6-7-13(26-11)21(24)25/h6-7,9H,4-5,8H2,1-3H3,(H2,19,22)(H,20,23)/t9-/m1/s1. The number of hydrogen-bond donors (Lipinski definition) is 2. The summed E-state index contributed by atoms with van der Waals surface area (Å²) in [6, 6.07) is 2.33. The lowest BCUT2D eigenvalue weighted by molar-refractivity contribution is -0.402. The van der Waals surface area contributed by atoms with E-state index in [-0.39, 0.29) is 11.2 Å². The summed E-state index contributed by atoms with van der Waals surface area (Å²) in [6.07, 6.45) is 2.51. The Bertz CT molecular complexity index is 922. The Hall–Kier alpha value is -2.68. The molecule has 0 radical (unpaired) electrons. The smallest absolute Gasteiger partial charge is 0.395 e. The fourth-order valence-corrected chi connectivity index (χ4v) is 4.71. The van der Waals surface area contributed by atoms with E-state index < -0.39 is 22.6 Å². The highest BCUT2D eigenvalue weighted by atomic mass is 32.1. The van der Waals surface area contributed by atoms with Crippen molar-refractivity contribution in [2.24, 2.45) is 17.1 Å². The third-order valence-corrected chi connectivity index (χ3v) is 6.13. The SMILES string of the molecule is CC(C)(C)[C@@H]1CCc2c(sc(NC(=O)c3ccc([N+](=O)[O-])o3)c2C(N)=O)C1. The molecule has 1 aliphatic rings. The molecule has 27 heavy (non-hydrogen) atoms. The van der Waals surface area contributed by atoms with Gasteiger partial charge in [0.15, 0.2) is 5.76 Å². The van der Waals surface area contributed by atoms with Crippen LogP contribution in [0.3, 0.4) is 0 Å². The molecule has 2 aromatic rings. The van der Waals surface area contributed by atoms with E-state index in [4.69, 9.17) is 10.2 Å². The van der Waals surface area contributed by atoms with Gasteiger partial charge in [0, 0.05) is 4.88 Å². The summed E-state index contributed by atoms with van der Waals surface area (Å²) in [6.45, 7) is 6.58. The second-order valence-corrected chi connectivity index (χ2v) is 8.83. The minimum absolute atomic E-state index is 0.144. The molecule has 0 aromatic carbocycles. The van der Waals surface area contributed by atoms with Crippen molar-refractivity contribution in [3.63, 3.8) is 0 Å². The molecule has 2 heterocycles. The maximum Gasteiger partial charge on any atom is 0.433 e. The first-order chi connectivity index (χ1) is 12.6. The maximum absolute atomic E-state index is 12.4. The molecule has 0 bridgehead atoms. The molecule has 0 saturated heterocycles. The monoisotopic (exact) mass is 391 g/mol. The number of carbonyl (C=O) groups is 2. The van der Waals surface area contributed by atoms with Crippen LogP contribution in [-0.2, 0) is 12.8 Å². The zero-order valence-electron chi connectivity index (χ0n) is 15.3. The molecule has 3 N–H and O–H groups in total. The van der Waals surface area contributed by atoms with Gasteiger partial charge >= 0.3 is 5.88 Å². The van der Waals surface area contributed by atoms with Gasteiger partial charge in [-0.25, -0.2) is 0 Å². The second-order valence-electron chi connectivity index (χ2n) is 7.73. The number of rotatable bonds is 4. The van der Waals surface area contributed by atoms with Crippen molar-refractivity contribution in [1.82, 2.24) is 0 Å². The van der Waals surface area contributed by atoms with Crippen molar-refractivity contribution >= 4 is 34.0 Å². The molecule has 1 aliphatic carbocycles. The molecule has 0 saturated carbocycles. The summed E-state index contributed by atoms with van der Waals surface area (Å²) < 4.78 is 4.92. The summed E-state index contributed by atoms with van der Waals surface area (Å²) in [7, 11) is 0. The quantitative estimate of drug-likeness (QED) is 0.606. The third-order valence-electron chi connectivity index (χ3n) is 4.96. The Morgan fingerprint density at radius 3 is 2.63 bits per heavy atom. The number of amides is 2. The van der Waals surface area contributed by atoms with Crippen LogP contribution >= 0.6 is 11.3 Å². The molecule has 144 valence electrons. The van der Waals surface area contributed by atoms with Gasteiger partial charge in [-0.15, -0.1) is 11.3 Å². The number of hydrogen-bond acceptors (Lipinski definition) is 6. The molecular weight excluding hydrogens is 370 g/mol. The van der Waals surface area contributed by atoms with Gasteiger partial charge in [0.1, 0.15) is 9.92 Å². The average Bonchev–Trinajstić information content (AvgIpc) is 3.17. The van der Waals surface area contributed by atoms with Crippen LogP contribution < -0.4 is 11.1 Å². The summed E-state index contributed by atoms with van der Waals surface area (Å²) in [5.41, 5.74) is 6.94. The van der Waals surface area contributed by atoms with Crippen LogP contribution in [0.2, 0.25) is 0 Å². The second kappa shape index (κ2) is 6.80.